The lowest BCUT2D eigenvalue weighted by molar-refractivity contribution is 0.0953. The number of amides is 2. The second-order valence-corrected chi connectivity index (χ2v) is 5.45. The predicted molar refractivity (Wildman–Crippen MR) is 92.8 cm³/mol. The van der Waals surface area contributed by atoms with Crippen LogP contribution in [-0.2, 0) is 0 Å². The number of halogens is 1. The third-order valence-corrected chi connectivity index (χ3v) is 3.44. The van der Waals surface area contributed by atoms with Crippen LogP contribution in [0.3, 0.4) is 0 Å². The number of nitrogens with zero attached hydrogens (tertiary/aromatic N) is 1. The van der Waals surface area contributed by atoms with Crippen LogP contribution in [0.15, 0.2) is 36.7 Å². The van der Waals surface area contributed by atoms with Gasteiger partial charge in [-0.2, -0.15) is 0 Å². The van der Waals surface area contributed by atoms with Crippen molar-refractivity contribution in [2.45, 2.75) is 13.3 Å². The average Bonchev–Trinajstić information content (AvgIpc) is 2.60. The Morgan fingerprint density at radius 1 is 1.17 bits per heavy atom. The minimum Gasteiger partial charge on any atom is -0.495 e. The lowest BCUT2D eigenvalue weighted by Gasteiger charge is -2.11. The van der Waals surface area contributed by atoms with Crippen molar-refractivity contribution in [2.24, 2.45) is 0 Å². The fraction of sp³-hybridized carbons (Fsp3) is 0.235. The highest BCUT2D eigenvalue weighted by Gasteiger charge is 2.13. The van der Waals surface area contributed by atoms with E-state index in [1.54, 1.807) is 18.2 Å². The van der Waals surface area contributed by atoms with Gasteiger partial charge >= 0.3 is 0 Å². The number of ether oxygens (including phenoxy) is 1. The average molecular weight is 348 g/mol. The lowest BCUT2D eigenvalue weighted by atomic mass is 10.1. The molecule has 0 fully saturated rings. The van der Waals surface area contributed by atoms with Crippen LogP contribution in [0.1, 0.15) is 34.1 Å². The van der Waals surface area contributed by atoms with Crippen LogP contribution < -0.4 is 15.4 Å². The van der Waals surface area contributed by atoms with Crippen molar-refractivity contribution in [1.82, 2.24) is 10.3 Å². The highest BCUT2D eigenvalue weighted by Crippen LogP contribution is 2.28. The maximum atomic E-state index is 12.4. The Hall–Kier alpha value is -2.60. The Bertz CT molecular complexity index is 750. The van der Waals surface area contributed by atoms with E-state index in [4.69, 9.17) is 16.3 Å². The Morgan fingerprint density at radius 2 is 1.88 bits per heavy atom. The molecule has 126 valence electrons. The number of methoxy groups -OCH3 is 1. The summed E-state index contributed by atoms with van der Waals surface area (Å²) >= 11 is 5.95. The molecule has 0 atom stereocenters. The summed E-state index contributed by atoms with van der Waals surface area (Å²) < 4.78 is 5.19. The molecule has 2 amide bonds. The Balaban J connectivity index is 2.19. The molecule has 1 aromatic carbocycles. The maximum absolute atomic E-state index is 12.4. The summed E-state index contributed by atoms with van der Waals surface area (Å²) in [7, 11) is 1.50. The lowest BCUT2D eigenvalue weighted by Crippen LogP contribution is -2.24. The molecule has 1 heterocycles. The number of carbonyl (C=O) groups excluding carboxylic acids is 2. The number of pyridine rings is 1. The van der Waals surface area contributed by atoms with Gasteiger partial charge in [0.05, 0.1) is 23.9 Å². The molecule has 0 saturated heterocycles. The highest BCUT2D eigenvalue weighted by molar-refractivity contribution is 6.31. The molecule has 6 nitrogen and oxygen atoms in total. The molecule has 1 aromatic heterocycles. The quantitative estimate of drug-likeness (QED) is 0.841. The Kier molecular flexibility index (Phi) is 6.14. The first-order chi connectivity index (χ1) is 11.5. The van der Waals surface area contributed by atoms with Crippen molar-refractivity contribution in [3.05, 3.63) is 52.8 Å². The summed E-state index contributed by atoms with van der Waals surface area (Å²) in [6.45, 7) is 2.52. The van der Waals surface area contributed by atoms with Crippen LogP contribution >= 0.6 is 11.6 Å². The minimum atomic E-state index is -0.409. The van der Waals surface area contributed by atoms with Gasteiger partial charge in [-0.25, -0.2) is 0 Å². The molecule has 0 radical (unpaired) electrons. The van der Waals surface area contributed by atoms with Gasteiger partial charge in [-0.1, -0.05) is 18.5 Å². The van der Waals surface area contributed by atoms with Crippen molar-refractivity contribution in [3.63, 3.8) is 0 Å². The monoisotopic (exact) mass is 347 g/mol. The first-order valence-corrected chi connectivity index (χ1v) is 7.81. The van der Waals surface area contributed by atoms with Crippen LogP contribution in [0.25, 0.3) is 0 Å². The predicted octanol–water partition coefficient (Wildman–Crippen LogP) is 3.14. The van der Waals surface area contributed by atoms with E-state index in [1.807, 2.05) is 6.92 Å². The SMILES string of the molecule is CCCNC(=O)c1cncc(C(=O)Nc2cc(Cl)ccc2OC)c1. The van der Waals surface area contributed by atoms with E-state index in [-0.39, 0.29) is 11.5 Å². The second-order valence-electron chi connectivity index (χ2n) is 5.02. The molecule has 0 bridgehead atoms. The van der Waals surface area contributed by atoms with E-state index in [0.717, 1.165) is 6.42 Å². The van der Waals surface area contributed by atoms with Crippen molar-refractivity contribution >= 4 is 29.1 Å². The van der Waals surface area contributed by atoms with Gasteiger partial charge in [0.15, 0.2) is 0 Å². The van der Waals surface area contributed by atoms with E-state index in [0.29, 0.717) is 28.6 Å². The first kappa shape index (κ1) is 17.7. The van der Waals surface area contributed by atoms with Crippen molar-refractivity contribution in [2.75, 3.05) is 19.0 Å². The van der Waals surface area contributed by atoms with Gasteiger partial charge in [0.2, 0.25) is 0 Å². The second kappa shape index (κ2) is 8.31. The number of hydrogen-bond acceptors (Lipinski definition) is 4. The largest absolute Gasteiger partial charge is 0.495 e. The summed E-state index contributed by atoms with van der Waals surface area (Å²) in [5.41, 5.74) is 1.03. The molecule has 2 N–H and O–H groups in total. The molecule has 7 heteroatoms. The zero-order chi connectivity index (χ0) is 17.5. The Labute approximate surface area is 145 Å². The summed E-state index contributed by atoms with van der Waals surface area (Å²) in [6.07, 6.45) is 3.64. The molecular formula is C17H18ClN3O3. The summed E-state index contributed by atoms with van der Waals surface area (Å²) in [5, 5.41) is 5.92. The van der Waals surface area contributed by atoms with Gasteiger partial charge in [0, 0.05) is 24.0 Å². The number of rotatable bonds is 6. The molecule has 0 aliphatic heterocycles. The van der Waals surface area contributed by atoms with Gasteiger partial charge in [0.1, 0.15) is 5.75 Å². The van der Waals surface area contributed by atoms with Gasteiger partial charge < -0.3 is 15.4 Å². The zero-order valence-corrected chi connectivity index (χ0v) is 14.2. The topological polar surface area (TPSA) is 80.3 Å². The zero-order valence-electron chi connectivity index (χ0n) is 13.4. The summed E-state index contributed by atoms with van der Waals surface area (Å²) in [4.78, 5) is 28.3. The molecule has 0 spiro atoms. The van der Waals surface area contributed by atoms with E-state index in [2.05, 4.69) is 15.6 Å². The third kappa shape index (κ3) is 4.45. The molecule has 0 aliphatic rings. The molecule has 0 aliphatic carbocycles. The molecule has 2 aromatic rings. The van der Waals surface area contributed by atoms with E-state index >= 15 is 0 Å². The molecular weight excluding hydrogens is 330 g/mol. The summed E-state index contributed by atoms with van der Waals surface area (Å²) in [6, 6.07) is 6.40. The smallest absolute Gasteiger partial charge is 0.257 e. The fourth-order valence-corrected chi connectivity index (χ4v) is 2.17. The maximum Gasteiger partial charge on any atom is 0.257 e. The van der Waals surface area contributed by atoms with Gasteiger partial charge in [-0.3, -0.25) is 14.6 Å². The van der Waals surface area contributed by atoms with E-state index in [9.17, 15) is 9.59 Å². The number of hydrogen-bond donors (Lipinski definition) is 2. The van der Waals surface area contributed by atoms with Crippen molar-refractivity contribution < 1.29 is 14.3 Å². The molecule has 2 rings (SSSR count). The normalized spacial score (nSPS) is 10.1. The van der Waals surface area contributed by atoms with E-state index in [1.165, 1.54) is 25.6 Å². The van der Waals surface area contributed by atoms with Gasteiger partial charge in [0.25, 0.3) is 11.8 Å². The van der Waals surface area contributed by atoms with E-state index < -0.39 is 5.91 Å². The van der Waals surface area contributed by atoms with Crippen LogP contribution in [0, 0.1) is 0 Å². The number of benzene rings is 1. The fourth-order valence-electron chi connectivity index (χ4n) is 2.00. The number of nitrogens with one attached hydrogen (secondary N) is 2. The number of carbonyl (C=O) groups is 2. The Morgan fingerprint density at radius 3 is 2.54 bits per heavy atom. The molecule has 0 unspecified atom stereocenters. The molecule has 0 saturated carbocycles. The van der Waals surface area contributed by atoms with Gasteiger partial charge in [-0.05, 0) is 30.7 Å². The molecule has 24 heavy (non-hydrogen) atoms. The van der Waals surface area contributed by atoms with Crippen LogP contribution in [0.5, 0.6) is 5.75 Å². The van der Waals surface area contributed by atoms with Crippen molar-refractivity contribution in [1.29, 1.82) is 0 Å². The minimum absolute atomic E-state index is 0.265. The highest BCUT2D eigenvalue weighted by atomic mass is 35.5. The number of aromatic nitrogens is 1. The third-order valence-electron chi connectivity index (χ3n) is 3.21. The summed E-state index contributed by atoms with van der Waals surface area (Å²) in [5.74, 6) is -0.190. The van der Waals surface area contributed by atoms with Crippen LogP contribution in [0.2, 0.25) is 5.02 Å². The first-order valence-electron chi connectivity index (χ1n) is 7.43. The van der Waals surface area contributed by atoms with Crippen molar-refractivity contribution in [3.8, 4) is 5.75 Å². The van der Waals surface area contributed by atoms with Gasteiger partial charge in [-0.15, -0.1) is 0 Å². The van der Waals surface area contributed by atoms with Crippen LogP contribution in [0.4, 0.5) is 5.69 Å². The standard InChI is InChI=1S/C17H18ClN3O3/c1-3-6-20-16(22)11-7-12(10-19-9-11)17(23)21-14-8-13(18)4-5-15(14)24-2/h4-5,7-10H,3,6H2,1-2H3,(H,20,22)(H,21,23). The number of anilines is 1. The van der Waals surface area contributed by atoms with Crippen LogP contribution in [-0.4, -0.2) is 30.5 Å².